The van der Waals surface area contributed by atoms with Gasteiger partial charge in [0.15, 0.2) is 0 Å². The lowest BCUT2D eigenvalue weighted by Crippen LogP contribution is -2.51. The number of carbonyl (C=O) groups is 3. The number of amides is 4. The van der Waals surface area contributed by atoms with E-state index in [2.05, 4.69) is 16.0 Å². The van der Waals surface area contributed by atoms with Gasteiger partial charge in [-0.15, -0.1) is 0 Å². The Hall–Kier alpha value is -3.46. The second kappa shape index (κ2) is 8.96. The molecule has 1 aliphatic heterocycles. The molecule has 1 aliphatic carbocycles. The Balaban J connectivity index is 1.56. The Bertz CT molecular complexity index is 1060. The predicted octanol–water partition coefficient (Wildman–Crippen LogP) is 3.20. The van der Waals surface area contributed by atoms with Crippen molar-refractivity contribution < 1.29 is 18.8 Å². The van der Waals surface area contributed by atoms with Crippen molar-refractivity contribution in [3.63, 3.8) is 0 Å². The van der Waals surface area contributed by atoms with E-state index in [4.69, 9.17) is 5.73 Å². The van der Waals surface area contributed by atoms with Crippen molar-refractivity contribution >= 4 is 34.9 Å². The Morgan fingerprint density at radius 1 is 1.16 bits per heavy atom. The Kier molecular flexibility index (Phi) is 6.09. The van der Waals surface area contributed by atoms with E-state index in [0.29, 0.717) is 16.9 Å². The number of fused-ring (bicyclic) bond motifs is 1. The predicted molar refractivity (Wildman–Crippen MR) is 120 cm³/mol. The van der Waals surface area contributed by atoms with Crippen molar-refractivity contribution in [1.29, 1.82) is 0 Å². The normalized spacial score (nSPS) is 22.5. The number of hydrogen-bond donors (Lipinski definition) is 4. The molecule has 3 unspecified atom stereocenters. The molecule has 0 spiro atoms. The monoisotopic (exact) mass is 439 g/mol. The van der Waals surface area contributed by atoms with Crippen LogP contribution in [0.3, 0.4) is 0 Å². The lowest BCUT2D eigenvalue weighted by molar-refractivity contribution is -0.117. The standard InChI is InChI=1S/C23H26FN5O3/c1-13-21(30)28-19-11-14(22(31)27-18-8-3-2-7-17(18)25)9-10-20(19)29(13)23(32)26-16-6-4-5-15(24)12-16/h4-6,9-13,17-18H,2-3,7-8,25H2,1H3,(H,26,32)(H,27,31)(H,28,30). The van der Waals surface area contributed by atoms with Crippen LogP contribution >= 0.6 is 0 Å². The number of nitrogens with zero attached hydrogens (tertiary/aromatic N) is 1. The molecule has 1 fully saturated rings. The molecule has 5 N–H and O–H groups in total. The molecule has 3 atom stereocenters. The molecule has 0 saturated heterocycles. The lowest BCUT2D eigenvalue weighted by atomic mass is 9.91. The van der Waals surface area contributed by atoms with Gasteiger partial charge in [0.1, 0.15) is 11.9 Å². The van der Waals surface area contributed by atoms with Crippen molar-refractivity contribution in [1.82, 2.24) is 5.32 Å². The average molecular weight is 439 g/mol. The van der Waals surface area contributed by atoms with Crippen LogP contribution in [0.5, 0.6) is 0 Å². The first kappa shape index (κ1) is 21.8. The van der Waals surface area contributed by atoms with Gasteiger partial charge in [-0.3, -0.25) is 14.5 Å². The number of hydrogen-bond acceptors (Lipinski definition) is 4. The highest BCUT2D eigenvalue weighted by Crippen LogP contribution is 2.33. The van der Waals surface area contributed by atoms with Crippen LogP contribution in [0.2, 0.25) is 0 Å². The summed E-state index contributed by atoms with van der Waals surface area (Å²) in [6, 6.07) is 8.73. The van der Waals surface area contributed by atoms with Crippen LogP contribution in [0.25, 0.3) is 0 Å². The maximum Gasteiger partial charge on any atom is 0.327 e. The van der Waals surface area contributed by atoms with E-state index in [9.17, 15) is 18.8 Å². The third-order valence-corrected chi connectivity index (χ3v) is 5.97. The largest absolute Gasteiger partial charge is 0.348 e. The van der Waals surface area contributed by atoms with Gasteiger partial charge in [0.25, 0.3) is 5.91 Å². The topological polar surface area (TPSA) is 117 Å². The summed E-state index contributed by atoms with van der Waals surface area (Å²) in [5.74, 6) is -1.15. The van der Waals surface area contributed by atoms with E-state index >= 15 is 0 Å². The van der Waals surface area contributed by atoms with E-state index in [0.717, 1.165) is 25.7 Å². The molecule has 2 aromatic carbocycles. The summed E-state index contributed by atoms with van der Waals surface area (Å²) >= 11 is 0. The van der Waals surface area contributed by atoms with E-state index in [-0.39, 0.29) is 23.7 Å². The SMILES string of the molecule is CC1C(=O)Nc2cc(C(=O)NC3CCCCC3N)ccc2N1C(=O)Nc1cccc(F)c1. The number of anilines is 3. The van der Waals surface area contributed by atoms with Gasteiger partial charge in [-0.2, -0.15) is 0 Å². The van der Waals surface area contributed by atoms with Gasteiger partial charge in [-0.25, -0.2) is 9.18 Å². The van der Waals surface area contributed by atoms with Gasteiger partial charge in [-0.05, 0) is 56.2 Å². The van der Waals surface area contributed by atoms with E-state index in [1.54, 1.807) is 31.2 Å². The summed E-state index contributed by atoms with van der Waals surface area (Å²) < 4.78 is 13.5. The molecule has 32 heavy (non-hydrogen) atoms. The zero-order chi connectivity index (χ0) is 22.8. The summed E-state index contributed by atoms with van der Waals surface area (Å²) in [5.41, 5.74) is 7.55. The van der Waals surface area contributed by atoms with Crippen LogP contribution in [0, 0.1) is 5.82 Å². The molecular weight excluding hydrogens is 413 g/mol. The second-order valence-corrected chi connectivity index (χ2v) is 8.24. The third-order valence-electron chi connectivity index (χ3n) is 5.97. The minimum absolute atomic E-state index is 0.0760. The third kappa shape index (κ3) is 4.43. The molecule has 1 saturated carbocycles. The van der Waals surface area contributed by atoms with Gasteiger partial charge >= 0.3 is 6.03 Å². The van der Waals surface area contributed by atoms with Gasteiger partial charge in [0.2, 0.25) is 5.91 Å². The number of halogens is 1. The van der Waals surface area contributed by atoms with E-state index in [1.807, 2.05) is 0 Å². The molecule has 0 bridgehead atoms. The fourth-order valence-electron chi connectivity index (χ4n) is 4.18. The molecule has 8 nitrogen and oxygen atoms in total. The van der Waals surface area contributed by atoms with Crippen LogP contribution in [-0.2, 0) is 4.79 Å². The van der Waals surface area contributed by atoms with E-state index in [1.165, 1.54) is 23.1 Å². The van der Waals surface area contributed by atoms with Crippen molar-refractivity contribution in [2.45, 2.75) is 50.7 Å². The maximum atomic E-state index is 13.5. The minimum atomic E-state index is -0.795. The van der Waals surface area contributed by atoms with Crippen LogP contribution in [-0.4, -0.2) is 36.0 Å². The summed E-state index contributed by atoms with van der Waals surface area (Å²) in [5, 5.41) is 8.34. The molecule has 168 valence electrons. The number of rotatable bonds is 3. The highest BCUT2D eigenvalue weighted by atomic mass is 19.1. The smallest absolute Gasteiger partial charge is 0.327 e. The van der Waals surface area contributed by atoms with Crippen molar-refractivity contribution in [2.75, 3.05) is 15.5 Å². The number of nitrogens with one attached hydrogen (secondary N) is 3. The molecule has 2 aromatic rings. The van der Waals surface area contributed by atoms with Crippen molar-refractivity contribution in [3.05, 3.63) is 53.8 Å². The van der Waals surface area contributed by atoms with E-state index < -0.39 is 23.8 Å². The number of nitrogens with two attached hydrogens (primary N) is 1. The van der Waals surface area contributed by atoms with Crippen molar-refractivity contribution in [3.8, 4) is 0 Å². The molecule has 4 rings (SSSR count). The van der Waals surface area contributed by atoms with Gasteiger partial charge < -0.3 is 21.7 Å². The van der Waals surface area contributed by atoms with Crippen LogP contribution in [0.1, 0.15) is 43.0 Å². The highest BCUT2D eigenvalue weighted by molar-refractivity contribution is 6.15. The molecule has 2 aliphatic rings. The first-order valence-electron chi connectivity index (χ1n) is 10.7. The van der Waals surface area contributed by atoms with Crippen molar-refractivity contribution in [2.24, 2.45) is 5.73 Å². The lowest BCUT2D eigenvalue weighted by Gasteiger charge is -2.35. The fourth-order valence-corrected chi connectivity index (χ4v) is 4.18. The first-order chi connectivity index (χ1) is 15.3. The highest BCUT2D eigenvalue weighted by Gasteiger charge is 2.34. The van der Waals surface area contributed by atoms with Crippen LogP contribution in [0.4, 0.5) is 26.2 Å². The second-order valence-electron chi connectivity index (χ2n) is 8.24. The average Bonchev–Trinajstić information content (AvgIpc) is 2.75. The number of benzene rings is 2. The van der Waals surface area contributed by atoms with Gasteiger partial charge in [0, 0.05) is 23.3 Å². The van der Waals surface area contributed by atoms with Gasteiger partial charge in [0.05, 0.1) is 11.4 Å². The summed E-state index contributed by atoms with van der Waals surface area (Å²) in [6.45, 7) is 1.59. The molecule has 9 heteroatoms. The fraction of sp³-hybridized carbons (Fsp3) is 0.348. The molecule has 1 heterocycles. The van der Waals surface area contributed by atoms with Crippen LogP contribution in [0.15, 0.2) is 42.5 Å². The number of urea groups is 1. The Labute approximate surface area is 185 Å². The molecule has 0 aromatic heterocycles. The molecule has 0 radical (unpaired) electrons. The summed E-state index contributed by atoms with van der Waals surface area (Å²) in [4.78, 5) is 39.5. The molecular formula is C23H26FN5O3. The van der Waals surface area contributed by atoms with Crippen LogP contribution < -0.4 is 26.6 Å². The first-order valence-corrected chi connectivity index (χ1v) is 10.7. The summed E-state index contributed by atoms with van der Waals surface area (Å²) in [6.07, 6.45) is 3.79. The maximum absolute atomic E-state index is 13.5. The zero-order valence-corrected chi connectivity index (χ0v) is 17.7. The van der Waals surface area contributed by atoms with Gasteiger partial charge in [-0.1, -0.05) is 18.9 Å². The molecule has 4 amide bonds. The zero-order valence-electron chi connectivity index (χ0n) is 17.7. The summed E-state index contributed by atoms with van der Waals surface area (Å²) in [7, 11) is 0. The number of carbonyl (C=O) groups excluding carboxylic acids is 3. The Morgan fingerprint density at radius 2 is 1.94 bits per heavy atom. The quantitative estimate of drug-likeness (QED) is 0.588. The minimum Gasteiger partial charge on any atom is -0.348 e. The Morgan fingerprint density at radius 3 is 2.69 bits per heavy atom.